The molecule has 0 saturated heterocycles. The molecule has 18 heavy (non-hydrogen) atoms. The van der Waals surface area contributed by atoms with Gasteiger partial charge in [-0.15, -0.1) is 0 Å². The molecule has 0 bridgehead atoms. The maximum absolute atomic E-state index is 12.1. The first-order valence-electron chi connectivity index (χ1n) is 6.20. The normalized spacial score (nSPS) is 27.1. The number of nitrogens with one attached hydrogen (secondary N) is 1. The second kappa shape index (κ2) is 4.12. The Morgan fingerprint density at radius 2 is 2.06 bits per heavy atom. The van der Waals surface area contributed by atoms with Gasteiger partial charge in [-0.25, -0.2) is 0 Å². The zero-order valence-corrected chi connectivity index (χ0v) is 10.1. The SMILES string of the molecule is O=C1CCC2(CNc3ccccc3OC2)C(=O)C1. The molecule has 1 fully saturated rings. The van der Waals surface area contributed by atoms with Crippen LogP contribution in [-0.2, 0) is 9.59 Å². The van der Waals surface area contributed by atoms with Gasteiger partial charge in [0.15, 0.2) is 5.78 Å². The fourth-order valence-electron chi connectivity index (χ4n) is 2.58. The van der Waals surface area contributed by atoms with E-state index in [4.69, 9.17) is 4.74 Å². The molecule has 1 saturated carbocycles. The standard InChI is InChI=1S/C14H15NO3/c16-10-5-6-14(13(17)7-10)8-15-11-3-1-2-4-12(11)18-9-14/h1-4,15H,5-9H2. The highest BCUT2D eigenvalue weighted by molar-refractivity contribution is 6.04. The van der Waals surface area contributed by atoms with Gasteiger partial charge in [-0.05, 0) is 18.6 Å². The summed E-state index contributed by atoms with van der Waals surface area (Å²) in [7, 11) is 0. The van der Waals surface area contributed by atoms with Gasteiger partial charge >= 0.3 is 0 Å². The van der Waals surface area contributed by atoms with Crippen molar-refractivity contribution in [2.45, 2.75) is 19.3 Å². The number of para-hydroxylation sites is 2. The van der Waals surface area contributed by atoms with Crippen LogP contribution in [0.15, 0.2) is 24.3 Å². The van der Waals surface area contributed by atoms with Gasteiger partial charge in [-0.1, -0.05) is 12.1 Å². The van der Waals surface area contributed by atoms with E-state index in [0.717, 1.165) is 11.4 Å². The Balaban J connectivity index is 1.86. The number of Topliss-reactive ketones (excluding diaryl/α,β-unsaturated/α-hetero) is 2. The zero-order valence-electron chi connectivity index (χ0n) is 10.1. The Morgan fingerprint density at radius 1 is 1.22 bits per heavy atom. The lowest BCUT2D eigenvalue weighted by Gasteiger charge is -2.33. The summed E-state index contributed by atoms with van der Waals surface area (Å²) in [6.07, 6.45) is 1.13. The summed E-state index contributed by atoms with van der Waals surface area (Å²) in [4.78, 5) is 23.5. The van der Waals surface area contributed by atoms with Gasteiger partial charge in [0.05, 0.1) is 17.5 Å². The maximum Gasteiger partial charge on any atom is 0.151 e. The van der Waals surface area contributed by atoms with E-state index in [9.17, 15) is 9.59 Å². The first-order chi connectivity index (χ1) is 8.70. The van der Waals surface area contributed by atoms with E-state index in [1.807, 2.05) is 24.3 Å². The predicted molar refractivity (Wildman–Crippen MR) is 66.7 cm³/mol. The van der Waals surface area contributed by atoms with E-state index in [2.05, 4.69) is 5.32 Å². The molecule has 2 aliphatic rings. The summed E-state index contributed by atoms with van der Waals surface area (Å²) < 4.78 is 5.75. The third-order valence-electron chi connectivity index (χ3n) is 3.84. The molecule has 0 radical (unpaired) electrons. The van der Waals surface area contributed by atoms with Crippen LogP contribution in [0.3, 0.4) is 0 Å². The van der Waals surface area contributed by atoms with E-state index in [1.165, 1.54) is 0 Å². The monoisotopic (exact) mass is 245 g/mol. The summed E-state index contributed by atoms with van der Waals surface area (Å²) in [6.45, 7) is 0.916. The number of fused-ring (bicyclic) bond motifs is 1. The zero-order chi connectivity index (χ0) is 12.6. The minimum absolute atomic E-state index is 0.0130. The van der Waals surface area contributed by atoms with E-state index in [1.54, 1.807) is 0 Å². The van der Waals surface area contributed by atoms with E-state index < -0.39 is 5.41 Å². The van der Waals surface area contributed by atoms with Crippen LogP contribution in [0.2, 0.25) is 0 Å². The summed E-state index contributed by atoms with van der Waals surface area (Å²) in [5.41, 5.74) is 0.381. The molecular formula is C14H15NO3. The minimum atomic E-state index is -0.535. The van der Waals surface area contributed by atoms with E-state index >= 15 is 0 Å². The van der Waals surface area contributed by atoms with Gasteiger partial charge in [-0.2, -0.15) is 0 Å². The summed E-state index contributed by atoms with van der Waals surface area (Å²) >= 11 is 0. The Labute approximate surface area is 105 Å². The smallest absolute Gasteiger partial charge is 0.151 e. The molecule has 3 rings (SSSR count). The second-order valence-electron chi connectivity index (χ2n) is 5.06. The Bertz CT molecular complexity index is 483. The van der Waals surface area contributed by atoms with Gasteiger partial charge < -0.3 is 10.1 Å². The topological polar surface area (TPSA) is 55.4 Å². The molecule has 1 aliphatic heterocycles. The number of ether oxygens (including phenoxy) is 1. The van der Waals surface area contributed by atoms with E-state index in [-0.39, 0.29) is 18.0 Å². The molecule has 1 unspecified atom stereocenters. The van der Waals surface area contributed by atoms with Gasteiger partial charge in [0.1, 0.15) is 18.1 Å². The quantitative estimate of drug-likeness (QED) is 0.708. The largest absolute Gasteiger partial charge is 0.490 e. The van der Waals surface area contributed by atoms with Crippen LogP contribution in [0.5, 0.6) is 5.75 Å². The average Bonchev–Trinajstić information content (AvgIpc) is 2.56. The highest BCUT2D eigenvalue weighted by Gasteiger charge is 2.44. The lowest BCUT2D eigenvalue weighted by Crippen LogP contribution is -2.46. The summed E-state index contributed by atoms with van der Waals surface area (Å²) in [6, 6.07) is 7.66. The summed E-state index contributed by atoms with van der Waals surface area (Å²) in [5, 5.41) is 3.27. The van der Waals surface area contributed by atoms with Crippen molar-refractivity contribution >= 4 is 17.3 Å². The van der Waals surface area contributed by atoms with Gasteiger partial charge in [0.2, 0.25) is 0 Å². The Kier molecular flexibility index (Phi) is 2.58. The lowest BCUT2D eigenvalue weighted by atomic mass is 9.73. The van der Waals surface area contributed by atoms with Crippen molar-refractivity contribution in [1.29, 1.82) is 0 Å². The number of carbonyl (C=O) groups is 2. The molecule has 1 aromatic rings. The molecule has 1 spiro atoms. The van der Waals surface area contributed by atoms with Crippen LogP contribution in [0.4, 0.5) is 5.69 Å². The Hall–Kier alpha value is -1.84. The number of ketones is 2. The molecule has 1 atom stereocenters. The van der Waals surface area contributed by atoms with Crippen molar-refractivity contribution in [2.75, 3.05) is 18.5 Å². The molecule has 4 nitrogen and oxygen atoms in total. The molecule has 4 heteroatoms. The van der Waals surface area contributed by atoms with Crippen LogP contribution in [0, 0.1) is 5.41 Å². The van der Waals surface area contributed by atoms with Crippen molar-refractivity contribution < 1.29 is 14.3 Å². The fraction of sp³-hybridized carbons (Fsp3) is 0.429. The molecule has 1 aromatic carbocycles. The van der Waals surface area contributed by atoms with Gasteiger partial charge in [0.25, 0.3) is 0 Å². The molecule has 1 aliphatic carbocycles. The maximum atomic E-state index is 12.1. The predicted octanol–water partition coefficient (Wildman–Crippen LogP) is 1.80. The van der Waals surface area contributed by atoms with Crippen molar-refractivity contribution in [3.05, 3.63) is 24.3 Å². The van der Waals surface area contributed by atoms with Crippen molar-refractivity contribution in [3.8, 4) is 5.75 Å². The number of hydrogen-bond acceptors (Lipinski definition) is 4. The number of hydrogen-bond donors (Lipinski definition) is 1. The molecular weight excluding hydrogens is 230 g/mol. The van der Waals surface area contributed by atoms with Crippen molar-refractivity contribution in [1.82, 2.24) is 0 Å². The molecule has 1 heterocycles. The van der Waals surface area contributed by atoms with Crippen LogP contribution in [0.1, 0.15) is 19.3 Å². The van der Waals surface area contributed by atoms with E-state index in [0.29, 0.717) is 26.0 Å². The van der Waals surface area contributed by atoms with Crippen molar-refractivity contribution in [3.63, 3.8) is 0 Å². The highest BCUT2D eigenvalue weighted by Crippen LogP contribution is 2.37. The molecule has 0 amide bonds. The Morgan fingerprint density at radius 3 is 2.89 bits per heavy atom. The van der Waals surface area contributed by atoms with Crippen molar-refractivity contribution in [2.24, 2.45) is 5.41 Å². The number of anilines is 1. The number of carbonyl (C=O) groups excluding carboxylic acids is 2. The average molecular weight is 245 g/mol. The van der Waals surface area contributed by atoms with Crippen LogP contribution >= 0.6 is 0 Å². The lowest BCUT2D eigenvalue weighted by molar-refractivity contribution is -0.138. The highest BCUT2D eigenvalue weighted by atomic mass is 16.5. The third-order valence-corrected chi connectivity index (χ3v) is 3.84. The minimum Gasteiger partial charge on any atom is -0.490 e. The first-order valence-corrected chi connectivity index (χ1v) is 6.20. The summed E-state index contributed by atoms with van der Waals surface area (Å²) in [5.74, 6) is 0.838. The third kappa shape index (κ3) is 1.78. The molecule has 1 N–H and O–H groups in total. The van der Waals surface area contributed by atoms with Crippen LogP contribution in [0.25, 0.3) is 0 Å². The first kappa shape index (κ1) is 11.3. The fourth-order valence-corrected chi connectivity index (χ4v) is 2.58. The van der Waals surface area contributed by atoms with Gasteiger partial charge in [-0.3, -0.25) is 9.59 Å². The molecule has 94 valence electrons. The van der Waals surface area contributed by atoms with Gasteiger partial charge in [0, 0.05) is 13.0 Å². The van der Waals surface area contributed by atoms with Crippen LogP contribution < -0.4 is 10.1 Å². The number of benzene rings is 1. The molecule has 0 aromatic heterocycles. The van der Waals surface area contributed by atoms with Crippen LogP contribution in [-0.4, -0.2) is 24.7 Å². The number of rotatable bonds is 0. The second-order valence-corrected chi connectivity index (χ2v) is 5.06.